The summed E-state index contributed by atoms with van der Waals surface area (Å²) in [6.45, 7) is 0.346. The van der Waals surface area contributed by atoms with Crippen molar-refractivity contribution >= 4 is 5.91 Å². The second-order valence-electron chi connectivity index (χ2n) is 7.87. The Morgan fingerprint density at radius 3 is 2.53 bits per heavy atom. The van der Waals surface area contributed by atoms with E-state index in [1.807, 2.05) is 30.5 Å². The number of aryl methyl sites for hydroxylation is 1. The Hall–Kier alpha value is -3.09. The molecule has 3 aromatic rings. The van der Waals surface area contributed by atoms with Crippen LogP contribution in [0.5, 0.6) is 0 Å². The summed E-state index contributed by atoms with van der Waals surface area (Å²) in [5, 5.41) is 4.34. The number of benzene rings is 2. The van der Waals surface area contributed by atoms with Crippen LogP contribution in [0, 0.1) is 0 Å². The molecule has 1 aliphatic rings. The molecule has 4 rings (SSSR count). The number of halogens is 3. The first-order valence-electron chi connectivity index (χ1n) is 9.84. The van der Waals surface area contributed by atoms with E-state index >= 15 is 0 Å². The second kappa shape index (κ2) is 7.63. The van der Waals surface area contributed by atoms with Gasteiger partial charge in [0, 0.05) is 6.20 Å². The first kappa shape index (κ1) is 20.2. The van der Waals surface area contributed by atoms with Gasteiger partial charge in [-0.1, -0.05) is 36.4 Å². The molecular formula is C23H22F3N3O. The summed E-state index contributed by atoms with van der Waals surface area (Å²) in [5.74, 6) is -0.342. The predicted octanol–water partition coefficient (Wildman–Crippen LogP) is 4.25. The van der Waals surface area contributed by atoms with Gasteiger partial charge in [-0.15, -0.1) is 0 Å². The average Bonchev–Trinajstić information content (AvgIpc) is 3.14. The fourth-order valence-corrected chi connectivity index (χ4v) is 4.37. The van der Waals surface area contributed by atoms with Gasteiger partial charge in [-0.3, -0.25) is 9.48 Å². The lowest BCUT2D eigenvalue weighted by molar-refractivity contribution is -0.137. The number of amides is 1. The molecule has 1 aromatic heterocycles. The van der Waals surface area contributed by atoms with E-state index in [-0.39, 0.29) is 5.91 Å². The summed E-state index contributed by atoms with van der Waals surface area (Å²) in [6, 6.07) is 13.0. The summed E-state index contributed by atoms with van der Waals surface area (Å²) < 4.78 is 39.8. The van der Waals surface area contributed by atoms with Crippen LogP contribution < -0.4 is 5.73 Å². The SMILES string of the molecule is NC(=O)C1(Cc2cnn(Cc3ccc(C(F)(F)F)cc3)c2)CCCc2ccccc21. The number of fused-ring (bicyclic) bond motifs is 1. The molecule has 0 radical (unpaired) electrons. The molecule has 0 spiro atoms. The van der Waals surface area contributed by atoms with Crippen LogP contribution in [0.15, 0.2) is 60.9 Å². The van der Waals surface area contributed by atoms with Gasteiger partial charge < -0.3 is 5.73 Å². The molecule has 156 valence electrons. The molecule has 0 saturated carbocycles. The fraction of sp³-hybridized carbons (Fsp3) is 0.304. The van der Waals surface area contributed by atoms with Gasteiger partial charge in [-0.05, 0) is 60.1 Å². The molecule has 0 aliphatic heterocycles. The van der Waals surface area contributed by atoms with E-state index < -0.39 is 17.2 Å². The maximum absolute atomic E-state index is 12.7. The summed E-state index contributed by atoms with van der Waals surface area (Å²) in [6.07, 6.45) is 2.14. The lowest BCUT2D eigenvalue weighted by atomic mass is 9.66. The Labute approximate surface area is 172 Å². The highest BCUT2D eigenvalue weighted by Crippen LogP contribution is 2.40. The second-order valence-corrected chi connectivity index (χ2v) is 7.87. The van der Waals surface area contributed by atoms with Gasteiger partial charge in [0.1, 0.15) is 0 Å². The standard InChI is InChI=1S/C23H22F3N3O/c24-23(25,26)19-9-7-16(8-10-19)14-29-15-17(13-28-29)12-22(21(27)30)11-3-5-18-4-1-2-6-20(18)22/h1-2,4,6-10,13,15H,3,5,11-12,14H2,(H2,27,30). The number of nitrogens with two attached hydrogens (primary N) is 1. The summed E-state index contributed by atoms with van der Waals surface area (Å²) >= 11 is 0. The molecule has 0 saturated heterocycles. The maximum atomic E-state index is 12.7. The van der Waals surface area contributed by atoms with Gasteiger partial charge in [-0.2, -0.15) is 18.3 Å². The van der Waals surface area contributed by atoms with Gasteiger partial charge >= 0.3 is 6.18 Å². The third kappa shape index (κ3) is 3.84. The van der Waals surface area contributed by atoms with Crippen molar-refractivity contribution in [2.75, 3.05) is 0 Å². The maximum Gasteiger partial charge on any atom is 0.416 e. The highest BCUT2D eigenvalue weighted by Gasteiger charge is 2.42. The van der Waals surface area contributed by atoms with Crippen LogP contribution >= 0.6 is 0 Å². The van der Waals surface area contributed by atoms with Crippen molar-refractivity contribution < 1.29 is 18.0 Å². The Morgan fingerprint density at radius 1 is 1.10 bits per heavy atom. The van der Waals surface area contributed by atoms with Crippen LogP contribution in [0.4, 0.5) is 13.2 Å². The van der Waals surface area contributed by atoms with Crippen LogP contribution in [0.2, 0.25) is 0 Å². The number of nitrogens with zero attached hydrogens (tertiary/aromatic N) is 2. The van der Waals surface area contributed by atoms with Gasteiger partial charge in [0.2, 0.25) is 5.91 Å². The van der Waals surface area contributed by atoms with Crippen LogP contribution in [0.25, 0.3) is 0 Å². The van der Waals surface area contributed by atoms with Gasteiger partial charge in [0.05, 0.1) is 23.7 Å². The van der Waals surface area contributed by atoms with Crippen molar-refractivity contribution in [3.05, 3.63) is 88.7 Å². The number of aromatic nitrogens is 2. The van der Waals surface area contributed by atoms with Crippen molar-refractivity contribution in [3.63, 3.8) is 0 Å². The predicted molar refractivity (Wildman–Crippen MR) is 107 cm³/mol. The molecule has 2 aromatic carbocycles. The zero-order chi connectivity index (χ0) is 21.4. The van der Waals surface area contributed by atoms with Crippen molar-refractivity contribution in [1.29, 1.82) is 0 Å². The van der Waals surface area contributed by atoms with Crippen LogP contribution in [0.1, 0.15) is 40.7 Å². The van der Waals surface area contributed by atoms with Crippen molar-refractivity contribution in [2.24, 2.45) is 5.73 Å². The molecule has 1 heterocycles. The van der Waals surface area contributed by atoms with Gasteiger partial charge in [0.15, 0.2) is 0 Å². The number of hydrogen-bond acceptors (Lipinski definition) is 2. The third-order valence-electron chi connectivity index (χ3n) is 5.87. The molecular weight excluding hydrogens is 391 g/mol. The number of alkyl halides is 3. The van der Waals surface area contributed by atoms with E-state index in [1.165, 1.54) is 12.1 Å². The van der Waals surface area contributed by atoms with Gasteiger partial charge in [0.25, 0.3) is 0 Å². The summed E-state index contributed by atoms with van der Waals surface area (Å²) in [5.41, 5.74) is 8.17. The highest BCUT2D eigenvalue weighted by atomic mass is 19.4. The number of primary amides is 1. The first-order valence-corrected chi connectivity index (χ1v) is 9.84. The van der Waals surface area contributed by atoms with Crippen LogP contribution in [-0.2, 0) is 35.8 Å². The minimum Gasteiger partial charge on any atom is -0.369 e. The van der Waals surface area contributed by atoms with E-state index in [4.69, 9.17) is 5.73 Å². The minimum absolute atomic E-state index is 0.342. The Morgan fingerprint density at radius 2 is 1.83 bits per heavy atom. The van der Waals surface area contributed by atoms with Crippen LogP contribution in [0.3, 0.4) is 0 Å². The number of hydrogen-bond donors (Lipinski definition) is 1. The largest absolute Gasteiger partial charge is 0.416 e. The molecule has 0 bridgehead atoms. The lowest BCUT2D eigenvalue weighted by Gasteiger charge is -2.36. The molecule has 4 nitrogen and oxygen atoms in total. The summed E-state index contributed by atoms with van der Waals surface area (Å²) in [4.78, 5) is 12.6. The quantitative estimate of drug-likeness (QED) is 0.680. The smallest absolute Gasteiger partial charge is 0.369 e. The van der Waals surface area contributed by atoms with E-state index in [9.17, 15) is 18.0 Å². The van der Waals surface area contributed by atoms with E-state index in [1.54, 1.807) is 10.9 Å². The molecule has 30 heavy (non-hydrogen) atoms. The third-order valence-corrected chi connectivity index (χ3v) is 5.87. The van der Waals surface area contributed by atoms with Gasteiger partial charge in [-0.25, -0.2) is 0 Å². The van der Waals surface area contributed by atoms with Crippen LogP contribution in [-0.4, -0.2) is 15.7 Å². The number of rotatable bonds is 5. The Balaban J connectivity index is 1.55. The molecule has 2 N–H and O–H groups in total. The number of carbonyl (C=O) groups excluding carboxylic acids is 1. The average molecular weight is 413 g/mol. The van der Waals surface area contributed by atoms with E-state index in [0.29, 0.717) is 24.9 Å². The number of carbonyl (C=O) groups is 1. The topological polar surface area (TPSA) is 60.9 Å². The Bertz CT molecular complexity index is 1060. The zero-order valence-corrected chi connectivity index (χ0v) is 16.3. The van der Waals surface area contributed by atoms with Crippen molar-refractivity contribution in [1.82, 2.24) is 9.78 Å². The van der Waals surface area contributed by atoms with E-state index in [0.717, 1.165) is 41.7 Å². The first-order chi connectivity index (χ1) is 14.3. The molecule has 1 unspecified atom stereocenters. The van der Waals surface area contributed by atoms with Crippen molar-refractivity contribution in [3.8, 4) is 0 Å². The van der Waals surface area contributed by atoms with Crippen molar-refractivity contribution in [2.45, 2.75) is 43.8 Å². The fourth-order valence-electron chi connectivity index (χ4n) is 4.37. The summed E-state index contributed by atoms with van der Waals surface area (Å²) in [7, 11) is 0. The minimum atomic E-state index is -4.35. The normalized spacial score (nSPS) is 18.8. The monoisotopic (exact) mass is 413 g/mol. The molecule has 0 fully saturated rings. The lowest BCUT2D eigenvalue weighted by Crippen LogP contribution is -2.45. The molecule has 1 aliphatic carbocycles. The zero-order valence-electron chi connectivity index (χ0n) is 16.3. The molecule has 1 amide bonds. The molecule has 1 atom stereocenters. The highest BCUT2D eigenvalue weighted by molar-refractivity contribution is 5.88. The molecule has 7 heteroatoms. The Kier molecular flexibility index (Phi) is 5.13. The van der Waals surface area contributed by atoms with E-state index in [2.05, 4.69) is 5.10 Å².